The van der Waals surface area contributed by atoms with Crippen LogP contribution in [0.4, 0.5) is 0 Å². The smallest absolute Gasteiger partial charge is 0.250 e. The molecule has 2 heterocycles. The minimum absolute atomic E-state index is 0.0199. The topological polar surface area (TPSA) is 80.1 Å². The van der Waals surface area contributed by atoms with E-state index >= 15 is 0 Å². The molecular formula is C17H19N3O3. The molecule has 0 unspecified atom stereocenters. The first-order chi connectivity index (χ1) is 11.1. The number of ether oxygens (including phenoxy) is 1. The molecule has 3 aromatic rings. The Morgan fingerprint density at radius 2 is 2.17 bits per heavy atom. The average molecular weight is 313 g/mol. The second kappa shape index (κ2) is 6.36. The van der Waals surface area contributed by atoms with Crippen LogP contribution >= 0.6 is 0 Å². The maximum atomic E-state index is 11.6. The summed E-state index contributed by atoms with van der Waals surface area (Å²) >= 11 is 0. The van der Waals surface area contributed by atoms with Crippen molar-refractivity contribution < 1.29 is 9.84 Å². The zero-order valence-electron chi connectivity index (χ0n) is 13.2. The number of fused-ring (bicyclic) bond motifs is 1. The van der Waals surface area contributed by atoms with Crippen LogP contribution in [-0.4, -0.2) is 33.4 Å². The first kappa shape index (κ1) is 15.5. The van der Waals surface area contributed by atoms with Crippen LogP contribution in [-0.2, 0) is 17.9 Å². The van der Waals surface area contributed by atoms with Crippen LogP contribution in [0.3, 0.4) is 0 Å². The molecule has 0 saturated heterocycles. The minimum atomic E-state index is -0.101. The summed E-state index contributed by atoms with van der Waals surface area (Å²) in [4.78, 5) is 19.0. The third kappa shape index (κ3) is 2.91. The fourth-order valence-corrected chi connectivity index (χ4v) is 2.63. The van der Waals surface area contributed by atoms with Crippen molar-refractivity contribution in [2.45, 2.75) is 20.1 Å². The molecule has 2 aromatic heterocycles. The molecule has 6 nitrogen and oxygen atoms in total. The molecule has 0 fully saturated rings. The zero-order chi connectivity index (χ0) is 16.4. The number of imidazole rings is 1. The number of rotatable bonds is 5. The van der Waals surface area contributed by atoms with Crippen molar-refractivity contribution in [3.8, 4) is 11.4 Å². The highest BCUT2D eigenvalue weighted by molar-refractivity contribution is 5.81. The van der Waals surface area contributed by atoms with E-state index in [9.17, 15) is 9.90 Å². The quantitative estimate of drug-likeness (QED) is 0.753. The number of aliphatic hydroxyl groups excluding tert-OH is 1. The van der Waals surface area contributed by atoms with E-state index in [1.165, 1.54) is 0 Å². The standard InChI is InChI=1S/C17H19N3O3/c1-11-7-13(9-18-17(11)22)16-19-14-8-12(10-21)3-4-15(14)20(16)5-6-23-2/h3-4,7-9,21H,5-6,10H2,1-2H3,(H,18,22). The summed E-state index contributed by atoms with van der Waals surface area (Å²) in [5.74, 6) is 0.770. The van der Waals surface area contributed by atoms with Gasteiger partial charge in [-0.3, -0.25) is 4.79 Å². The van der Waals surface area contributed by atoms with Crippen LogP contribution < -0.4 is 5.56 Å². The number of nitrogens with zero attached hydrogens (tertiary/aromatic N) is 2. The molecule has 1 aromatic carbocycles. The second-order valence-electron chi connectivity index (χ2n) is 5.46. The van der Waals surface area contributed by atoms with Gasteiger partial charge in [0.05, 0.1) is 24.2 Å². The Morgan fingerprint density at radius 1 is 1.35 bits per heavy atom. The number of methoxy groups -OCH3 is 1. The van der Waals surface area contributed by atoms with Crippen molar-refractivity contribution in [2.24, 2.45) is 0 Å². The third-order valence-electron chi connectivity index (χ3n) is 3.86. The number of benzene rings is 1. The number of aromatic nitrogens is 3. The Bertz CT molecular complexity index is 896. The van der Waals surface area contributed by atoms with Crippen LogP contribution in [0, 0.1) is 6.92 Å². The number of aliphatic hydroxyl groups is 1. The number of hydrogen-bond donors (Lipinski definition) is 2. The Hall–Kier alpha value is -2.44. The van der Waals surface area contributed by atoms with E-state index in [2.05, 4.69) is 14.5 Å². The van der Waals surface area contributed by atoms with E-state index < -0.39 is 0 Å². The summed E-state index contributed by atoms with van der Waals surface area (Å²) in [7, 11) is 1.66. The lowest BCUT2D eigenvalue weighted by atomic mass is 10.2. The van der Waals surface area contributed by atoms with Crippen LogP contribution in [0.15, 0.2) is 35.3 Å². The summed E-state index contributed by atoms with van der Waals surface area (Å²) in [6, 6.07) is 7.54. The van der Waals surface area contributed by atoms with Gasteiger partial charge in [0.2, 0.25) is 0 Å². The fourth-order valence-electron chi connectivity index (χ4n) is 2.63. The molecule has 0 saturated carbocycles. The predicted octanol–water partition coefficient (Wildman–Crippen LogP) is 1.84. The number of H-pyrrole nitrogens is 1. The predicted molar refractivity (Wildman–Crippen MR) is 88.3 cm³/mol. The molecule has 2 N–H and O–H groups in total. The molecule has 0 atom stereocenters. The molecule has 0 radical (unpaired) electrons. The van der Waals surface area contributed by atoms with Crippen LogP contribution in [0.2, 0.25) is 0 Å². The van der Waals surface area contributed by atoms with Crippen molar-refractivity contribution in [3.63, 3.8) is 0 Å². The lowest BCUT2D eigenvalue weighted by Gasteiger charge is -2.09. The second-order valence-corrected chi connectivity index (χ2v) is 5.46. The SMILES string of the molecule is COCCn1c(-c2c[nH]c(=O)c(C)c2)nc2cc(CO)ccc21. The Morgan fingerprint density at radius 3 is 2.87 bits per heavy atom. The van der Waals surface area contributed by atoms with Crippen molar-refractivity contribution in [1.82, 2.24) is 14.5 Å². The van der Waals surface area contributed by atoms with E-state index in [0.717, 1.165) is 28.0 Å². The molecular weight excluding hydrogens is 294 g/mol. The summed E-state index contributed by atoms with van der Waals surface area (Å²) in [5.41, 5.74) is 3.99. The maximum absolute atomic E-state index is 11.6. The number of pyridine rings is 1. The van der Waals surface area contributed by atoms with Gasteiger partial charge in [0, 0.05) is 31.0 Å². The van der Waals surface area contributed by atoms with Gasteiger partial charge >= 0.3 is 0 Å². The van der Waals surface area contributed by atoms with Gasteiger partial charge in [-0.25, -0.2) is 4.98 Å². The molecule has 0 bridgehead atoms. The summed E-state index contributed by atoms with van der Waals surface area (Å²) in [6.45, 7) is 2.96. The lowest BCUT2D eigenvalue weighted by molar-refractivity contribution is 0.188. The Kier molecular flexibility index (Phi) is 4.27. The normalized spacial score (nSPS) is 11.3. The lowest BCUT2D eigenvalue weighted by Crippen LogP contribution is -2.10. The van der Waals surface area contributed by atoms with Crippen LogP contribution in [0.5, 0.6) is 0 Å². The highest BCUT2D eigenvalue weighted by Gasteiger charge is 2.14. The van der Waals surface area contributed by atoms with E-state index in [4.69, 9.17) is 4.74 Å². The molecule has 23 heavy (non-hydrogen) atoms. The van der Waals surface area contributed by atoms with Crippen molar-refractivity contribution in [2.75, 3.05) is 13.7 Å². The molecule has 6 heteroatoms. The van der Waals surface area contributed by atoms with Gasteiger partial charge in [0.25, 0.3) is 5.56 Å². The minimum Gasteiger partial charge on any atom is -0.392 e. The molecule has 120 valence electrons. The van der Waals surface area contributed by atoms with E-state index in [-0.39, 0.29) is 12.2 Å². The van der Waals surface area contributed by atoms with E-state index in [1.54, 1.807) is 20.2 Å². The molecule has 0 aliphatic carbocycles. The van der Waals surface area contributed by atoms with Crippen molar-refractivity contribution in [3.05, 3.63) is 51.9 Å². The van der Waals surface area contributed by atoms with Gasteiger partial charge in [-0.05, 0) is 30.7 Å². The first-order valence-electron chi connectivity index (χ1n) is 7.42. The van der Waals surface area contributed by atoms with Crippen molar-refractivity contribution >= 4 is 11.0 Å². The summed E-state index contributed by atoms with van der Waals surface area (Å²) in [5, 5.41) is 9.30. The zero-order valence-corrected chi connectivity index (χ0v) is 13.2. The van der Waals surface area contributed by atoms with Gasteiger partial charge < -0.3 is 19.4 Å². The van der Waals surface area contributed by atoms with E-state index in [1.807, 2.05) is 24.3 Å². The molecule has 3 rings (SSSR count). The highest BCUT2D eigenvalue weighted by Crippen LogP contribution is 2.25. The maximum Gasteiger partial charge on any atom is 0.250 e. The van der Waals surface area contributed by atoms with Crippen LogP contribution in [0.25, 0.3) is 22.4 Å². The van der Waals surface area contributed by atoms with Crippen molar-refractivity contribution in [1.29, 1.82) is 0 Å². The Labute approximate surface area is 133 Å². The molecule has 0 aliphatic rings. The summed E-state index contributed by atoms with van der Waals surface area (Å²) in [6.07, 6.45) is 1.67. The average Bonchev–Trinajstić information content (AvgIpc) is 2.93. The summed E-state index contributed by atoms with van der Waals surface area (Å²) < 4.78 is 7.26. The highest BCUT2D eigenvalue weighted by atomic mass is 16.5. The fraction of sp³-hybridized carbons (Fsp3) is 0.294. The van der Waals surface area contributed by atoms with E-state index in [0.29, 0.717) is 18.7 Å². The Balaban J connectivity index is 2.20. The first-order valence-corrected chi connectivity index (χ1v) is 7.42. The van der Waals surface area contributed by atoms with Gasteiger partial charge in [0.15, 0.2) is 0 Å². The van der Waals surface area contributed by atoms with Gasteiger partial charge in [-0.1, -0.05) is 6.07 Å². The largest absolute Gasteiger partial charge is 0.392 e. The number of nitrogens with one attached hydrogen (secondary N) is 1. The van der Waals surface area contributed by atoms with Gasteiger partial charge in [-0.15, -0.1) is 0 Å². The number of aryl methyl sites for hydroxylation is 1. The third-order valence-corrected chi connectivity index (χ3v) is 3.86. The molecule has 0 amide bonds. The number of aromatic amines is 1. The monoisotopic (exact) mass is 313 g/mol. The number of hydrogen-bond acceptors (Lipinski definition) is 4. The molecule has 0 aliphatic heterocycles. The van der Waals surface area contributed by atoms with Crippen LogP contribution in [0.1, 0.15) is 11.1 Å². The van der Waals surface area contributed by atoms with Gasteiger partial charge in [-0.2, -0.15) is 0 Å². The van der Waals surface area contributed by atoms with Gasteiger partial charge in [0.1, 0.15) is 5.82 Å². The molecule has 0 spiro atoms.